The first-order chi connectivity index (χ1) is 4.45. The monoisotopic (exact) mass is 179 g/mol. The summed E-state index contributed by atoms with van der Waals surface area (Å²) in [6, 6.07) is 0. The van der Waals surface area contributed by atoms with E-state index in [2.05, 4.69) is 17.1 Å². The number of hydrogen-bond acceptors (Lipinski definition) is 2. The van der Waals surface area contributed by atoms with Crippen molar-refractivity contribution in [3.63, 3.8) is 0 Å². The molecule has 2 rings (SSSR count). The Balaban J connectivity index is 0.000000500. The van der Waals surface area contributed by atoms with Crippen LogP contribution >= 0.6 is 24.2 Å². The molecule has 2 saturated heterocycles. The standard InChI is InChI=1S/C7H13NS.ClH/c1-6-2-8-3-7(1)5-9-4-6;/h6-8H,1-5H2;1H. The Hall–Kier alpha value is 0.600. The Morgan fingerprint density at radius 3 is 2.20 bits per heavy atom. The van der Waals surface area contributed by atoms with E-state index in [1.807, 2.05) is 0 Å². The molecule has 0 amide bonds. The Labute approximate surface area is 72.7 Å². The van der Waals surface area contributed by atoms with Gasteiger partial charge in [-0.05, 0) is 42.9 Å². The molecule has 2 atom stereocenters. The number of piperidine rings is 1. The summed E-state index contributed by atoms with van der Waals surface area (Å²) < 4.78 is 0. The van der Waals surface area contributed by atoms with Crippen molar-refractivity contribution < 1.29 is 0 Å². The predicted molar refractivity (Wildman–Crippen MR) is 49.0 cm³/mol. The largest absolute Gasteiger partial charge is 0.316 e. The molecule has 0 aromatic carbocycles. The molecule has 1 N–H and O–H groups in total. The smallest absolute Gasteiger partial charge is 0.00124 e. The second-order valence-corrected chi connectivity index (χ2v) is 4.24. The molecule has 2 heterocycles. The van der Waals surface area contributed by atoms with Crippen LogP contribution in [-0.2, 0) is 0 Å². The molecule has 2 bridgehead atoms. The predicted octanol–water partition coefficient (Wildman–Crippen LogP) is 1.38. The fourth-order valence-electron chi connectivity index (χ4n) is 1.78. The molecule has 0 spiro atoms. The van der Waals surface area contributed by atoms with Crippen molar-refractivity contribution in [2.75, 3.05) is 24.6 Å². The second-order valence-electron chi connectivity index (χ2n) is 3.16. The average Bonchev–Trinajstić information content (AvgIpc) is 1.88. The van der Waals surface area contributed by atoms with Gasteiger partial charge in [0, 0.05) is 0 Å². The summed E-state index contributed by atoms with van der Waals surface area (Å²) >= 11 is 2.15. The topological polar surface area (TPSA) is 12.0 Å². The molecule has 0 aromatic heterocycles. The molecule has 2 aliphatic rings. The molecule has 0 saturated carbocycles. The van der Waals surface area contributed by atoms with Crippen molar-refractivity contribution >= 4 is 24.2 Å². The van der Waals surface area contributed by atoms with Crippen LogP contribution in [0.3, 0.4) is 0 Å². The van der Waals surface area contributed by atoms with E-state index in [9.17, 15) is 0 Å². The van der Waals surface area contributed by atoms with E-state index >= 15 is 0 Å². The van der Waals surface area contributed by atoms with Crippen molar-refractivity contribution in [1.29, 1.82) is 0 Å². The Morgan fingerprint density at radius 2 is 1.70 bits per heavy atom. The second kappa shape index (κ2) is 3.84. The number of halogens is 1. The SMILES string of the molecule is C1NCC2CSCC1C2.Cl. The van der Waals surface area contributed by atoms with Gasteiger partial charge in [0.15, 0.2) is 0 Å². The maximum atomic E-state index is 3.47. The summed E-state index contributed by atoms with van der Waals surface area (Å²) in [7, 11) is 0. The van der Waals surface area contributed by atoms with Crippen LogP contribution in [0.15, 0.2) is 0 Å². The zero-order valence-corrected chi connectivity index (χ0v) is 7.64. The molecule has 0 radical (unpaired) electrons. The maximum absolute atomic E-state index is 3.47. The van der Waals surface area contributed by atoms with Gasteiger partial charge >= 0.3 is 0 Å². The summed E-state index contributed by atoms with van der Waals surface area (Å²) in [5.41, 5.74) is 0. The number of thioether (sulfide) groups is 1. The Morgan fingerprint density at radius 1 is 1.10 bits per heavy atom. The molecule has 3 heteroatoms. The van der Waals surface area contributed by atoms with E-state index in [-0.39, 0.29) is 12.4 Å². The molecule has 0 aromatic rings. The van der Waals surface area contributed by atoms with E-state index in [0.717, 1.165) is 11.8 Å². The molecular weight excluding hydrogens is 166 g/mol. The maximum Gasteiger partial charge on any atom is -0.00124 e. The zero-order chi connectivity index (χ0) is 6.10. The van der Waals surface area contributed by atoms with Crippen LogP contribution in [0.2, 0.25) is 0 Å². The lowest BCUT2D eigenvalue weighted by Crippen LogP contribution is -2.41. The van der Waals surface area contributed by atoms with Crippen LogP contribution < -0.4 is 5.32 Å². The molecule has 10 heavy (non-hydrogen) atoms. The molecule has 0 aliphatic carbocycles. The highest BCUT2D eigenvalue weighted by Gasteiger charge is 2.25. The van der Waals surface area contributed by atoms with E-state index in [0.29, 0.717) is 0 Å². The van der Waals surface area contributed by atoms with Gasteiger partial charge in [-0.25, -0.2) is 0 Å². The van der Waals surface area contributed by atoms with Crippen molar-refractivity contribution in [3.8, 4) is 0 Å². The highest BCUT2D eigenvalue weighted by molar-refractivity contribution is 7.99. The van der Waals surface area contributed by atoms with E-state index < -0.39 is 0 Å². The summed E-state index contributed by atoms with van der Waals surface area (Å²) in [6.45, 7) is 2.56. The fraction of sp³-hybridized carbons (Fsp3) is 1.00. The Kier molecular flexibility index (Phi) is 3.34. The molecule has 2 unspecified atom stereocenters. The van der Waals surface area contributed by atoms with E-state index in [1.54, 1.807) is 0 Å². The lowest BCUT2D eigenvalue weighted by Gasteiger charge is -2.34. The van der Waals surface area contributed by atoms with Gasteiger partial charge in [-0.15, -0.1) is 12.4 Å². The first-order valence-corrected chi connectivity index (χ1v) is 4.89. The van der Waals surface area contributed by atoms with Gasteiger partial charge in [-0.2, -0.15) is 11.8 Å². The summed E-state index contributed by atoms with van der Waals surface area (Å²) in [5, 5.41) is 3.47. The van der Waals surface area contributed by atoms with Crippen molar-refractivity contribution in [3.05, 3.63) is 0 Å². The third-order valence-electron chi connectivity index (χ3n) is 2.24. The van der Waals surface area contributed by atoms with Crippen LogP contribution in [0.5, 0.6) is 0 Å². The van der Waals surface area contributed by atoms with Crippen LogP contribution in [0.25, 0.3) is 0 Å². The fourth-order valence-corrected chi connectivity index (χ4v) is 3.10. The van der Waals surface area contributed by atoms with E-state index in [4.69, 9.17) is 0 Å². The van der Waals surface area contributed by atoms with Gasteiger partial charge in [0.1, 0.15) is 0 Å². The summed E-state index contributed by atoms with van der Waals surface area (Å²) in [5.74, 6) is 4.82. The summed E-state index contributed by atoms with van der Waals surface area (Å²) in [4.78, 5) is 0. The molecule has 2 aliphatic heterocycles. The van der Waals surface area contributed by atoms with E-state index in [1.165, 1.54) is 31.0 Å². The van der Waals surface area contributed by atoms with Crippen molar-refractivity contribution in [1.82, 2.24) is 5.32 Å². The first kappa shape index (κ1) is 8.69. The quantitative estimate of drug-likeness (QED) is 0.603. The van der Waals surface area contributed by atoms with Gasteiger partial charge in [0.2, 0.25) is 0 Å². The van der Waals surface area contributed by atoms with Crippen LogP contribution in [0, 0.1) is 11.8 Å². The van der Waals surface area contributed by atoms with Crippen LogP contribution in [0.4, 0.5) is 0 Å². The summed E-state index contributed by atoms with van der Waals surface area (Å²) in [6.07, 6.45) is 1.50. The molecule has 60 valence electrons. The van der Waals surface area contributed by atoms with Gasteiger partial charge < -0.3 is 5.32 Å². The van der Waals surface area contributed by atoms with Crippen molar-refractivity contribution in [2.45, 2.75) is 6.42 Å². The minimum Gasteiger partial charge on any atom is -0.316 e. The molecule has 1 nitrogen and oxygen atoms in total. The van der Waals surface area contributed by atoms with Crippen LogP contribution in [0.1, 0.15) is 6.42 Å². The average molecular weight is 180 g/mol. The molecule has 2 fully saturated rings. The van der Waals surface area contributed by atoms with Crippen molar-refractivity contribution in [2.24, 2.45) is 11.8 Å². The third-order valence-corrected chi connectivity index (χ3v) is 3.65. The lowest BCUT2D eigenvalue weighted by atomic mass is 9.93. The number of rotatable bonds is 0. The minimum atomic E-state index is 0. The molecular formula is C7H14ClNS. The van der Waals surface area contributed by atoms with Gasteiger partial charge in [0.25, 0.3) is 0 Å². The number of hydrogen-bond donors (Lipinski definition) is 1. The minimum absolute atomic E-state index is 0. The highest BCUT2D eigenvalue weighted by atomic mass is 35.5. The highest BCUT2D eigenvalue weighted by Crippen LogP contribution is 2.29. The van der Waals surface area contributed by atoms with Gasteiger partial charge in [-0.1, -0.05) is 0 Å². The lowest BCUT2D eigenvalue weighted by molar-refractivity contribution is 0.319. The normalized spacial score (nSPS) is 38.4. The Bertz CT molecular complexity index is 89.8. The van der Waals surface area contributed by atoms with Gasteiger partial charge in [0.05, 0.1) is 0 Å². The number of nitrogens with one attached hydrogen (secondary N) is 1. The van der Waals surface area contributed by atoms with Crippen LogP contribution in [-0.4, -0.2) is 24.6 Å². The number of fused-ring (bicyclic) bond motifs is 2. The first-order valence-electron chi connectivity index (χ1n) is 3.73. The zero-order valence-electron chi connectivity index (χ0n) is 6.01. The van der Waals surface area contributed by atoms with Gasteiger partial charge in [-0.3, -0.25) is 0 Å². The third kappa shape index (κ3) is 1.80.